The Bertz CT molecular complexity index is 819. The van der Waals surface area contributed by atoms with E-state index >= 15 is 0 Å². The number of pyridine rings is 1. The number of aromatic nitrogens is 1. The Balaban J connectivity index is 0.00000289. The first-order valence-corrected chi connectivity index (χ1v) is 11.9. The second-order valence-corrected chi connectivity index (χ2v) is 9.22. The molecule has 2 aromatic rings. The fraction of sp³-hybridized carbons (Fsp3) is 0.538. The van der Waals surface area contributed by atoms with E-state index in [0.717, 1.165) is 44.9 Å². The smallest absolute Gasteiger partial charge is 0.222 e. The number of nitrogens with zero attached hydrogens (tertiary/aromatic N) is 3. The van der Waals surface area contributed by atoms with E-state index in [1.807, 2.05) is 41.6 Å². The molecule has 2 fully saturated rings. The third-order valence-electron chi connectivity index (χ3n) is 6.87. The van der Waals surface area contributed by atoms with Crippen LogP contribution in [0.25, 0.3) is 0 Å². The topological polar surface area (TPSA) is 48.5 Å². The highest BCUT2D eigenvalue weighted by molar-refractivity contribution is 5.85. The predicted molar refractivity (Wildman–Crippen MR) is 132 cm³/mol. The van der Waals surface area contributed by atoms with Crippen LogP contribution in [0.4, 0.5) is 0 Å². The van der Waals surface area contributed by atoms with Crippen molar-refractivity contribution >= 4 is 18.3 Å². The fourth-order valence-corrected chi connectivity index (χ4v) is 5.30. The molecule has 2 aliphatic rings. The number of piperidine rings is 2. The lowest BCUT2D eigenvalue weighted by Crippen LogP contribution is -2.55. The number of rotatable bonds is 9. The number of halogens is 1. The summed E-state index contributed by atoms with van der Waals surface area (Å²) in [7, 11) is 0. The van der Waals surface area contributed by atoms with Crippen molar-refractivity contribution in [3.05, 3.63) is 66.0 Å². The molecule has 5 nitrogen and oxygen atoms in total. The molecular weight excluding hydrogens is 420 g/mol. The first kappa shape index (κ1) is 24.7. The van der Waals surface area contributed by atoms with Gasteiger partial charge in [-0.1, -0.05) is 36.4 Å². The summed E-state index contributed by atoms with van der Waals surface area (Å²) < 4.78 is 0. The molecule has 3 atom stereocenters. The van der Waals surface area contributed by atoms with Crippen LogP contribution in [0.1, 0.15) is 43.7 Å². The lowest BCUT2D eigenvalue weighted by Gasteiger charge is -2.46. The molecule has 3 heterocycles. The van der Waals surface area contributed by atoms with Crippen LogP contribution >= 0.6 is 12.4 Å². The zero-order valence-corrected chi connectivity index (χ0v) is 20.0. The van der Waals surface area contributed by atoms with E-state index in [-0.39, 0.29) is 18.3 Å². The lowest BCUT2D eigenvalue weighted by atomic mass is 9.79. The summed E-state index contributed by atoms with van der Waals surface area (Å²) in [6, 6.07) is 15.0. The number of carbonyl (C=O) groups excluding carboxylic acids is 1. The van der Waals surface area contributed by atoms with Crippen LogP contribution in [0.3, 0.4) is 0 Å². The predicted octanol–water partition coefficient (Wildman–Crippen LogP) is 4.13. The summed E-state index contributed by atoms with van der Waals surface area (Å²) in [5.74, 6) is 1.71. The average molecular weight is 457 g/mol. The van der Waals surface area contributed by atoms with Gasteiger partial charge in [0.15, 0.2) is 0 Å². The first-order valence-electron chi connectivity index (χ1n) is 11.9. The van der Waals surface area contributed by atoms with Gasteiger partial charge in [-0.2, -0.15) is 0 Å². The van der Waals surface area contributed by atoms with Gasteiger partial charge in [-0.05, 0) is 61.8 Å². The average Bonchev–Trinajstić information content (AvgIpc) is 2.80. The van der Waals surface area contributed by atoms with Crippen LogP contribution in [-0.4, -0.2) is 52.9 Å². The maximum atomic E-state index is 12.8. The second kappa shape index (κ2) is 12.3. The quantitative estimate of drug-likeness (QED) is 0.616. The molecule has 174 valence electrons. The van der Waals surface area contributed by atoms with Gasteiger partial charge < -0.3 is 10.2 Å². The van der Waals surface area contributed by atoms with Gasteiger partial charge in [0.25, 0.3) is 0 Å². The van der Waals surface area contributed by atoms with Gasteiger partial charge in [0.05, 0.1) is 0 Å². The minimum Gasteiger partial charge on any atom is -0.339 e. The SMILES string of the molecule is CCN(Cc1ccccc1)C(=O)CCC[C@H]1NC[C@@H]2C[C@@H]1CN(Cc1cccnc1)C2.Cl. The van der Waals surface area contributed by atoms with Crippen molar-refractivity contribution in [1.29, 1.82) is 0 Å². The molecule has 0 saturated carbocycles. The van der Waals surface area contributed by atoms with Crippen LogP contribution in [0.2, 0.25) is 0 Å². The van der Waals surface area contributed by atoms with Gasteiger partial charge in [0.2, 0.25) is 5.91 Å². The lowest BCUT2D eigenvalue weighted by molar-refractivity contribution is -0.131. The number of nitrogens with one attached hydrogen (secondary N) is 1. The fourth-order valence-electron chi connectivity index (χ4n) is 5.30. The molecular formula is C26H37ClN4O. The number of hydrogen-bond acceptors (Lipinski definition) is 4. The van der Waals surface area contributed by atoms with Crippen LogP contribution in [-0.2, 0) is 17.9 Å². The standard InChI is InChI=1S/C26H36N4O.ClH/c1-2-30(19-21-8-4-3-5-9-21)26(31)12-6-11-25-24-14-23(16-28-25)18-29(20-24)17-22-10-7-13-27-15-22;/h3-5,7-10,13,15,23-25,28H,2,6,11-12,14,16-20H2,1H3;1H/t23-,24+,25+;/m0./s1. The Hall–Kier alpha value is -1.95. The molecule has 32 heavy (non-hydrogen) atoms. The van der Waals surface area contributed by atoms with Crippen LogP contribution in [0, 0.1) is 11.8 Å². The van der Waals surface area contributed by atoms with Gasteiger partial charge in [-0.3, -0.25) is 14.7 Å². The molecule has 1 aromatic heterocycles. The number of benzene rings is 1. The number of amides is 1. The maximum absolute atomic E-state index is 12.8. The molecule has 0 unspecified atom stereocenters. The van der Waals surface area contributed by atoms with E-state index in [1.54, 1.807) is 0 Å². The Kier molecular flexibility index (Phi) is 9.51. The first-order chi connectivity index (χ1) is 15.2. The molecule has 2 saturated heterocycles. The normalized spacial score (nSPS) is 22.7. The van der Waals surface area contributed by atoms with Gasteiger partial charge in [-0.15, -0.1) is 12.4 Å². The molecule has 6 heteroatoms. The van der Waals surface area contributed by atoms with Crippen molar-refractivity contribution in [2.45, 2.75) is 51.7 Å². The molecule has 2 bridgehead atoms. The van der Waals surface area contributed by atoms with Crippen molar-refractivity contribution in [3.8, 4) is 0 Å². The highest BCUT2D eigenvalue weighted by Crippen LogP contribution is 2.31. The van der Waals surface area contributed by atoms with Gasteiger partial charge in [0, 0.05) is 57.6 Å². The van der Waals surface area contributed by atoms with Crippen molar-refractivity contribution in [3.63, 3.8) is 0 Å². The molecule has 0 spiro atoms. The van der Waals surface area contributed by atoms with Gasteiger partial charge in [-0.25, -0.2) is 0 Å². The summed E-state index contributed by atoms with van der Waals surface area (Å²) in [6.45, 7) is 7.97. The van der Waals surface area contributed by atoms with Crippen molar-refractivity contribution < 1.29 is 4.79 Å². The zero-order chi connectivity index (χ0) is 21.5. The van der Waals surface area contributed by atoms with Crippen molar-refractivity contribution in [1.82, 2.24) is 20.1 Å². The van der Waals surface area contributed by atoms with E-state index in [0.29, 0.717) is 24.9 Å². The summed E-state index contributed by atoms with van der Waals surface area (Å²) in [6.07, 6.45) is 7.85. The van der Waals surface area contributed by atoms with E-state index in [1.165, 1.54) is 24.1 Å². The van der Waals surface area contributed by atoms with Crippen LogP contribution in [0.15, 0.2) is 54.9 Å². The summed E-state index contributed by atoms with van der Waals surface area (Å²) >= 11 is 0. The number of hydrogen-bond donors (Lipinski definition) is 1. The van der Waals surface area contributed by atoms with Gasteiger partial charge >= 0.3 is 0 Å². The molecule has 2 aliphatic heterocycles. The van der Waals surface area contributed by atoms with E-state index in [9.17, 15) is 4.79 Å². The summed E-state index contributed by atoms with van der Waals surface area (Å²) in [4.78, 5) is 21.6. The molecule has 1 N–H and O–H groups in total. The number of carbonyl (C=O) groups is 1. The number of fused-ring (bicyclic) bond motifs is 2. The van der Waals surface area contributed by atoms with Crippen LogP contribution in [0.5, 0.6) is 0 Å². The Morgan fingerprint density at radius 3 is 2.72 bits per heavy atom. The van der Waals surface area contributed by atoms with Gasteiger partial charge in [0.1, 0.15) is 0 Å². The summed E-state index contributed by atoms with van der Waals surface area (Å²) in [5.41, 5.74) is 2.50. The third kappa shape index (κ3) is 6.77. The second-order valence-electron chi connectivity index (χ2n) is 9.22. The minimum absolute atomic E-state index is 0. The van der Waals surface area contributed by atoms with E-state index in [2.05, 4.69) is 40.3 Å². The minimum atomic E-state index is 0. The Labute approximate surface area is 199 Å². The summed E-state index contributed by atoms with van der Waals surface area (Å²) in [5, 5.41) is 3.80. The van der Waals surface area contributed by atoms with E-state index in [4.69, 9.17) is 0 Å². The highest BCUT2D eigenvalue weighted by atomic mass is 35.5. The Morgan fingerprint density at radius 2 is 1.97 bits per heavy atom. The highest BCUT2D eigenvalue weighted by Gasteiger charge is 2.36. The van der Waals surface area contributed by atoms with E-state index < -0.39 is 0 Å². The molecule has 0 radical (unpaired) electrons. The zero-order valence-electron chi connectivity index (χ0n) is 19.2. The largest absolute Gasteiger partial charge is 0.339 e. The number of likely N-dealkylation sites (tertiary alicyclic amines) is 1. The maximum Gasteiger partial charge on any atom is 0.222 e. The van der Waals surface area contributed by atoms with Crippen LogP contribution < -0.4 is 5.32 Å². The molecule has 4 rings (SSSR count). The van der Waals surface area contributed by atoms with Crippen molar-refractivity contribution in [2.24, 2.45) is 11.8 Å². The molecule has 1 aromatic carbocycles. The molecule has 1 amide bonds. The molecule has 0 aliphatic carbocycles. The Morgan fingerprint density at radius 1 is 1.16 bits per heavy atom. The van der Waals surface area contributed by atoms with Crippen molar-refractivity contribution in [2.75, 3.05) is 26.2 Å². The monoisotopic (exact) mass is 456 g/mol. The third-order valence-corrected chi connectivity index (χ3v) is 6.87.